The van der Waals surface area contributed by atoms with Crippen LogP contribution in [-0.4, -0.2) is 9.13 Å². The van der Waals surface area contributed by atoms with E-state index in [4.69, 9.17) is 6.57 Å². The molecule has 9 rings (SSSR count). The van der Waals surface area contributed by atoms with Gasteiger partial charge in [-0.2, -0.15) is 15.8 Å². The molecule has 0 saturated carbocycles. The molecule has 0 saturated heterocycles. The van der Waals surface area contributed by atoms with Gasteiger partial charge in [0.2, 0.25) is 0 Å². The zero-order valence-electron chi connectivity index (χ0n) is 27.5. The van der Waals surface area contributed by atoms with Gasteiger partial charge in [0.15, 0.2) is 5.69 Å². The van der Waals surface area contributed by atoms with Gasteiger partial charge < -0.3 is 9.13 Å². The van der Waals surface area contributed by atoms with Gasteiger partial charge in [0.1, 0.15) is 12.1 Å². The van der Waals surface area contributed by atoms with Crippen molar-refractivity contribution >= 4 is 49.3 Å². The van der Waals surface area contributed by atoms with Crippen LogP contribution in [0.15, 0.2) is 146 Å². The molecule has 9 aromatic rings. The van der Waals surface area contributed by atoms with Gasteiger partial charge in [-0.15, -0.1) is 0 Å². The van der Waals surface area contributed by atoms with Crippen LogP contribution in [0.4, 0.5) is 5.69 Å². The van der Waals surface area contributed by atoms with E-state index in [1.807, 2.05) is 72.8 Å². The smallest absolute Gasteiger partial charge is 0.187 e. The summed E-state index contributed by atoms with van der Waals surface area (Å²) in [5.41, 5.74) is 9.01. The third-order valence-electron chi connectivity index (χ3n) is 9.87. The molecule has 238 valence electrons. The summed E-state index contributed by atoms with van der Waals surface area (Å²) in [6.45, 7) is 7.68. The number of para-hydroxylation sites is 4. The molecule has 52 heavy (non-hydrogen) atoms. The first-order valence-electron chi connectivity index (χ1n) is 16.7. The first-order chi connectivity index (χ1) is 25.7. The van der Waals surface area contributed by atoms with Crippen LogP contribution < -0.4 is 0 Å². The van der Waals surface area contributed by atoms with Crippen LogP contribution in [0.5, 0.6) is 0 Å². The Hall–Kier alpha value is -7.90. The quantitative estimate of drug-likeness (QED) is 0.176. The van der Waals surface area contributed by atoms with Gasteiger partial charge in [-0.1, -0.05) is 109 Å². The number of aromatic nitrogens is 2. The lowest BCUT2D eigenvalue weighted by atomic mass is 9.86. The van der Waals surface area contributed by atoms with E-state index in [9.17, 15) is 15.8 Å². The Morgan fingerprint density at radius 2 is 0.788 bits per heavy atom. The van der Waals surface area contributed by atoms with E-state index >= 15 is 0 Å². The van der Waals surface area contributed by atoms with Crippen LogP contribution in [-0.2, 0) is 0 Å². The Morgan fingerprint density at radius 1 is 0.423 bits per heavy atom. The van der Waals surface area contributed by atoms with E-state index in [1.165, 1.54) is 0 Å². The monoisotopic (exact) mass is 660 g/mol. The number of nitriles is 3. The van der Waals surface area contributed by atoms with Crippen LogP contribution in [0, 0.1) is 40.6 Å². The SMILES string of the molecule is [C-]#[N+]c1ccc(-c2c(-n3c4ccccc4c4ccccc43)c(C#N)c(-c3ccc(C#N)cc3)c(C#N)c2-n2c3ccccc3c3ccccc32)cc1. The minimum Gasteiger partial charge on any atom is -0.307 e. The second-order valence-electron chi connectivity index (χ2n) is 12.5. The van der Waals surface area contributed by atoms with E-state index in [-0.39, 0.29) is 0 Å². The van der Waals surface area contributed by atoms with E-state index in [1.54, 1.807) is 24.3 Å². The number of hydrogen-bond acceptors (Lipinski definition) is 3. The highest BCUT2D eigenvalue weighted by atomic mass is 15.0. The maximum Gasteiger partial charge on any atom is 0.187 e. The number of fused-ring (bicyclic) bond motifs is 6. The molecule has 0 N–H and O–H groups in total. The predicted octanol–water partition coefficient (Wildman–Crippen LogP) is 11.4. The molecule has 0 unspecified atom stereocenters. The van der Waals surface area contributed by atoms with Crippen molar-refractivity contribution in [3.63, 3.8) is 0 Å². The number of nitrogens with zero attached hydrogens (tertiary/aromatic N) is 6. The Bertz CT molecular complexity index is 2840. The molecule has 2 heterocycles. The first-order valence-corrected chi connectivity index (χ1v) is 16.7. The highest BCUT2D eigenvalue weighted by Crippen LogP contribution is 2.48. The zero-order chi connectivity index (χ0) is 35.3. The average Bonchev–Trinajstić information content (AvgIpc) is 3.72. The lowest BCUT2D eigenvalue weighted by Crippen LogP contribution is -2.11. The van der Waals surface area contributed by atoms with E-state index in [0.29, 0.717) is 50.4 Å². The number of benzene rings is 7. The van der Waals surface area contributed by atoms with E-state index in [2.05, 4.69) is 80.7 Å². The predicted molar refractivity (Wildman–Crippen MR) is 206 cm³/mol. The molecule has 6 nitrogen and oxygen atoms in total. The molecule has 0 spiro atoms. The van der Waals surface area contributed by atoms with Crippen molar-refractivity contribution in [1.29, 1.82) is 15.8 Å². The van der Waals surface area contributed by atoms with Crippen molar-refractivity contribution in [1.82, 2.24) is 9.13 Å². The van der Waals surface area contributed by atoms with Gasteiger partial charge in [0.25, 0.3) is 0 Å². The van der Waals surface area contributed by atoms with Gasteiger partial charge in [-0.3, -0.25) is 0 Å². The summed E-state index contributed by atoms with van der Waals surface area (Å²) >= 11 is 0. The summed E-state index contributed by atoms with van der Waals surface area (Å²) in [6.07, 6.45) is 0. The Labute approximate surface area is 298 Å². The lowest BCUT2D eigenvalue weighted by Gasteiger charge is -2.25. The number of rotatable bonds is 4. The van der Waals surface area contributed by atoms with Crippen molar-refractivity contribution in [2.75, 3.05) is 0 Å². The van der Waals surface area contributed by atoms with E-state index in [0.717, 1.165) is 49.2 Å². The van der Waals surface area contributed by atoms with Crippen LogP contribution in [0.1, 0.15) is 16.7 Å². The van der Waals surface area contributed by atoms with Gasteiger partial charge in [0.05, 0.1) is 62.8 Å². The molecule has 0 radical (unpaired) electrons. The van der Waals surface area contributed by atoms with Crippen molar-refractivity contribution in [2.45, 2.75) is 0 Å². The highest BCUT2D eigenvalue weighted by Gasteiger charge is 2.31. The van der Waals surface area contributed by atoms with Crippen molar-refractivity contribution in [3.05, 3.63) is 174 Å². The summed E-state index contributed by atoms with van der Waals surface area (Å²) in [6, 6.07) is 54.3. The molecule has 0 fully saturated rings. The molecule has 7 aromatic carbocycles. The van der Waals surface area contributed by atoms with Crippen molar-refractivity contribution < 1.29 is 0 Å². The summed E-state index contributed by atoms with van der Waals surface area (Å²) in [5, 5.41) is 36.5. The molecule has 0 amide bonds. The van der Waals surface area contributed by atoms with Gasteiger partial charge in [-0.25, -0.2) is 4.85 Å². The second kappa shape index (κ2) is 11.9. The minimum absolute atomic E-state index is 0.321. The number of hydrogen-bond donors (Lipinski definition) is 0. The molecular weight excluding hydrogens is 637 g/mol. The highest BCUT2D eigenvalue weighted by molar-refractivity contribution is 6.13. The lowest BCUT2D eigenvalue weighted by molar-refractivity contribution is 1.12. The minimum atomic E-state index is 0.321. The topological polar surface area (TPSA) is 85.6 Å². The van der Waals surface area contributed by atoms with Gasteiger partial charge in [-0.05, 0) is 47.5 Å². The molecule has 0 bridgehead atoms. The fourth-order valence-corrected chi connectivity index (χ4v) is 7.69. The van der Waals surface area contributed by atoms with Crippen LogP contribution in [0.25, 0.3) is 82.1 Å². The zero-order valence-corrected chi connectivity index (χ0v) is 27.5. The van der Waals surface area contributed by atoms with Crippen LogP contribution in [0.2, 0.25) is 0 Å². The normalized spacial score (nSPS) is 11.0. The molecule has 2 aromatic heterocycles. The second-order valence-corrected chi connectivity index (χ2v) is 12.5. The summed E-state index contributed by atoms with van der Waals surface area (Å²) in [7, 11) is 0. The van der Waals surface area contributed by atoms with Crippen LogP contribution >= 0.6 is 0 Å². The fourth-order valence-electron chi connectivity index (χ4n) is 7.69. The molecule has 0 aliphatic heterocycles. The standard InChI is InChI=1S/C46H24N6/c1-50-32-24-22-31(23-25-32)44-45(51-39-14-6-2-10-33(39)34-11-3-7-15-40(34)51)37(27-48)43(30-20-18-29(26-47)19-21-30)38(28-49)46(44)52-41-16-8-4-12-35(41)36-13-5-9-17-42(36)52/h2-25H. The Kier molecular flexibility index (Phi) is 6.91. The average molecular weight is 661 g/mol. The summed E-state index contributed by atoms with van der Waals surface area (Å²) in [4.78, 5) is 3.66. The van der Waals surface area contributed by atoms with Gasteiger partial charge in [0, 0.05) is 32.7 Å². The summed E-state index contributed by atoms with van der Waals surface area (Å²) < 4.78 is 4.29. The largest absolute Gasteiger partial charge is 0.307 e. The van der Waals surface area contributed by atoms with Crippen molar-refractivity contribution in [3.8, 4) is 51.8 Å². The van der Waals surface area contributed by atoms with Crippen molar-refractivity contribution in [2.24, 2.45) is 0 Å². The molecule has 0 atom stereocenters. The van der Waals surface area contributed by atoms with E-state index < -0.39 is 0 Å². The maximum absolute atomic E-state index is 11.4. The van der Waals surface area contributed by atoms with Crippen LogP contribution in [0.3, 0.4) is 0 Å². The Morgan fingerprint density at radius 3 is 1.15 bits per heavy atom. The first kappa shape index (κ1) is 30.2. The summed E-state index contributed by atoms with van der Waals surface area (Å²) in [5.74, 6) is 0. The maximum atomic E-state index is 11.4. The molecular formula is C46H24N6. The molecule has 0 aliphatic carbocycles. The third kappa shape index (κ3) is 4.33. The third-order valence-corrected chi connectivity index (χ3v) is 9.87. The van der Waals surface area contributed by atoms with Gasteiger partial charge >= 0.3 is 0 Å². The molecule has 0 aliphatic rings. The Balaban J connectivity index is 1.61. The fraction of sp³-hybridized carbons (Fsp3) is 0. The molecule has 6 heteroatoms.